The van der Waals surface area contributed by atoms with Crippen LogP contribution in [0.3, 0.4) is 0 Å². The number of aliphatic carboxylic acids is 1. The van der Waals surface area contributed by atoms with Crippen molar-refractivity contribution < 1.29 is 19.7 Å². The molecule has 108 valence electrons. The van der Waals surface area contributed by atoms with Crippen LogP contribution in [0.5, 0.6) is 5.75 Å². The standard InChI is InChI=1S/C15H19NO4/c1-2-3-11-20-13-9-7-12(8-10-13)16-14(17)5-4-6-15(18)19/h7-10,14,16-17H,4-6,11H2,1H3,(H,18,19). The first-order valence-electron chi connectivity index (χ1n) is 6.40. The van der Waals surface area contributed by atoms with Crippen LogP contribution in [0.4, 0.5) is 5.69 Å². The molecule has 0 amide bonds. The molecule has 0 aliphatic rings. The van der Waals surface area contributed by atoms with Gasteiger partial charge in [-0.25, -0.2) is 0 Å². The third-order valence-corrected chi connectivity index (χ3v) is 2.54. The van der Waals surface area contributed by atoms with Crippen LogP contribution < -0.4 is 10.1 Å². The molecule has 0 heterocycles. The Hall–Kier alpha value is -2.19. The normalized spacial score (nSPS) is 11.1. The molecule has 5 heteroatoms. The van der Waals surface area contributed by atoms with E-state index in [-0.39, 0.29) is 6.42 Å². The van der Waals surface area contributed by atoms with Crippen LogP contribution in [0.25, 0.3) is 0 Å². The quantitative estimate of drug-likeness (QED) is 0.501. The minimum Gasteiger partial charge on any atom is -0.481 e. The summed E-state index contributed by atoms with van der Waals surface area (Å²) < 4.78 is 5.37. The van der Waals surface area contributed by atoms with E-state index in [1.54, 1.807) is 31.2 Å². The molecule has 0 spiro atoms. The highest BCUT2D eigenvalue weighted by atomic mass is 16.5. The Morgan fingerprint density at radius 1 is 1.40 bits per heavy atom. The van der Waals surface area contributed by atoms with Crippen LogP contribution in [0.1, 0.15) is 26.2 Å². The summed E-state index contributed by atoms with van der Waals surface area (Å²) >= 11 is 0. The Kier molecular flexibility index (Phi) is 7.01. The Balaban J connectivity index is 2.35. The average molecular weight is 277 g/mol. The molecular weight excluding hydrogens is 258 g/mol. The molecule has 0 bridgehead atoms. The molecular formula is C15H19NO4. The fourth-order valence-corrected chi connectivity index (χ4v) is 1.55. The second-order valence-electron chi connectivity index (χ2n) is 4.19. The Morgan fingerprint density at radius 3 is 2.70 bits per heavy atom. The van der Waals surface area contributed by atoms with Crippen molar-refractivity contribution in [3.8, 4) is 17.6 Å². The van der Waals surface area contributed by atoms with Crippen LogP contribution in [0.2, 0.25) is 0 Å². The van der Waals surface area contributed by atoms with E-state index in [0.29, 0.717) is 25.2 Å². The molecule has 3 N–H and O–H groups in total. The number of benzene rings is 1. The van der Waals surface area contributed by atoms with E-state index in [9.17, 15) is 9.90 Å². The highest BCUT2D eigenvalue weighted by molar-refractivity contribution is 5.66. The van der Waals surface area contributed by atoms with Gasteiger partial charge in [-0.3, -0.25) is 4.79 Å². The van der Waals surface area contributed by atoms with Gasteiger partial charge >= 0.3 is 5.97 Å². The maximum atomic E-state index is 10.4. The summed E-state index contributed by atoms with van der Waals surface area (Å²) in [6.45, 7) is 2.10. The number of hydrogen-bond donors (Lipinski definition) is 3. The molecule has 1 atom stereocenters. The highest BCUT2D eigenvalue weighted by Crippen LogP contribution is 2.16. The molecule has 1 aromatic carbocycles. The van der Waals surface area contributed by atoms with Gasteiger partial charge in [-0.05, 0) is 44.0 Å². The number of aliphatic hydroxyl groups is 1. The molecule has 0 saturated carbocycles. The average Bonchev–Trinajstić information content (AvgIpc) is 2.40. The van der Waals surface area contributed by atoms with Crippen LogP contribution >= 0.6 is 0 Å². The highest BCUT2D eigenvalue weighted by Gasteiger charge is 2.05. The molecule has 0 aliphatic heterocycles. The molecule has 5 nitrogen and oxygen atoms in total. The van der Waals surface area contributed by atoms with E-state index in [0.717, 1.165) is 5.69 Å². The van der Waals surface area contributed by atoms with Gasteiger partial charge in [0.2, 0.25) is 0 Å². The third kappa shape index (κ3) is 6.66. The van der Waals surface area contributed by atoms with Crippen molar-refractivity contribution in [3.63, 3.8) is 0 Å². The molecule has 1 unspecified atom stereocenters. The molecule has 0 radical (unpaired) electrons. The fraction of sp³-hybridized carbons (Fsp3) is 0.400. The Morgan fingerprint density at radius 2 is 2.10 bits per heavy atom. The molecule has 0 aliphatic carbocycles. The van der Waals surface area contributed by atoms with E-state index in [1.807, 2.05) is 0 Å². The van der Waals surface area contributed by atoms with Gasteiger partial charge in [-0.2, -0.15) is 0 Å². The van der Waals surface area contributed by atoms with Crippen molar-refractivity contribution in [3.05, 3.63) is 24.3 Å². The number of aliphatic hydroxyl groups excluding tert-OH is 1. The molecule has 0 fully saturated rings. The van der Waals surface area contributed by atoms with E-state index in [4.69, 9.17) is 9.84 Å². The van der Waals surface area contributed by atoms with Crippen LogP contribution in [0, 0.1) is 11.8 Å². The lowest BCUT2D eigenvalue weighted by Crippen LogP contribution is -2.18. The summed E-state index contributed by atoms with van der Waals surface area (Å²) in [5.41, 5.74) is 0.752. The van der Waals surface area contributed by atoms with Gasteiger partial charge in [0.1, 0.15) is 18.6 Å². The predicted molar refractivity (Wildman–Crippen MR) is 76.5 cm³/mol. The van der Waals surface area contributed by atoms with Crippen molar-refractivity contribution >= 4 is 11.7 Å². The van der Waals surface area contributed by atoms with Crippen LogP contribution in [-0.2, 0) is 4.79 Å². The van der Waals surface area contributed by atoms with Gasteiger partial charge in [-0.15, -0.1) is 5.92 Å². The summed E-state index contributed by atoms with van der Waals surface area (Å²) in [4.78, 5) is 10.4. The number of hydrogen-bond acceptors (Lipinski definition) is 4. The summed E-state index contributed by atoms with van der Waals surface area (Å²) in [6, 6.07) is 7.14. The fourth-order valence-electron chi connectivity index (χ4n) is 1.55. The molecule has 0 aromatic heterocycles. The zero-order valence-corrected chi connectivity index (χ0v) is 11.4. The van der Waals surface area contributed by atoms with Gasteiger partial charge in [0.15, 0.2) is 0 Å². The molecule has 1 aromatic rings. The Labute approximate surface area is 118 Å². The van der Waals surface area contributed by atoms with Crippen molar-refractivity contribution in [2.24, 2.45) is 0 Å². The van der Waals surface area contributed by atoms with Crippen molar-refractivity contribution in [1.29, 1.82) is 0 Å². The van der Waals surface area contributed by atoms with E-state index in [2.05, 4.69) is 17.2 Å². The SMILES string of the molecule is CC#CCOc1ccc(NC(O)CCCC(=O)O)cc1. The number of carbonyl (C=O) groups is 1. The summed E-state index contributed by atoms with van der Waals surface area (Å²) in [7, 11) is 0. The number of carboxylic acids is 1. The van der Waals surface area contributed by atoms with Gasteiger partial charge in [-0.1, -0.05) is 5.92 Å². The number of carboxylic acid groups (broad SMARTS) is 1. The van der Waals surface area contributed by atoms with E-state index >= 15 is 0 Å². The topological polar surface area (TPSA) is 78.8 Å². The largest absolute Gasteiger partial charge is 0.481 e. The van der Waals surface area contributed by atoms with Crippen molar-refractivity contribution in [2.45, 2.75) is 32.4 Å². The summed E-state index contributed by atoms with van der Waals surface area (Å²) in [5, 5.41) is 21.1. The maximum absolute atomic E-state index is 10.4. The lowest BCUT2D eigenvalue weighted by atomic mass is 10.2. The second kappa shape index (κ2) is 8.83. The van der Waals surface area contributed by atoms with Gasteiger partial charge in [0.25, 0.3) is 0 Å². The predicted octanol–water partition coefficient (Wildman–Crippen LogP) is 2.07. The second-order valence-corrected chi connectivity index (χ2v) is 4.19. The zero-order chi connectivity index (χ0) is 14.8. The number of nitrogens with one attached hydrogen (secondary N) is 1. The molecule has 1 rings (SSSR count). The Bertz CT molecular complexity index is 473. The van der Waals surface area contributed by atoms with Gasteiger partial charge < -0.3 is 20.3 Å². The first-order chi connectivity index (χ1) is 9.61. The molecule has 20 heavy (non-hydrogen) atoms. The van der Waals surface area contributed by atoms with E-state index < -0.39 is 12.2 Å². The van der Waals surface area contributed by atoms with Crippen molar-refractivity contribution in [1.82, 2.24) is 0 Å². The van der Waals surface area contributed by atoms with Gasteiger partial charge in [0, 0.05) is 12.1 Å². The maximum Gasteiger partial charge on any atom is 0.303 e. The third-order valence-electron chi connectivity index (χ3n) is 2.54. The van der Waals surface area contributed by atoms with E-state index in [1.165, 1.54) is 0 Å². The minimum atomic E-state index is -0.853. The molecule has 0 saturated heterocycles. The lowest BCUT2D eigenvalue weighted by molar-refractivity contribution is -0.137. The van der Waals surface area contributed by atoms with Crippen LogP contribution in [0.15, 0.2) is 24.3 Å². The number of rotatable bonds is 8. The first kappa shape index (κ1) is 15.9. The van der Waals surface area contributed by atoms with Crippen LogP contribution in [-0.4, -0.2) is 29.0 Å². The number of ether oxygens (including phenoxy) is 1. The number of anilines is 1. The van der Waals surface area contributed by atoms with Gasteiger partial charge in [0.05, 0.1) is 0 Å². The summed E-state index contributed by atoms with van der Waals surface area (Å²) in [5.74, 6) is 5.39. The summed E-state index contributed by atoms with van der Waals surface area (Å²) in [6.07, 6.45) is 0.119. The lowest BCUT2D eigenvalue weighted by Gasteiger charge is -2.14. The smallest absolute Gasteiger partial charge is 0.303 e. The first-order valence-corrected chi connectivity index (χ1v) is 6.40. The monoisotopic (exact) mass is 277 g/mol. The minimum absolute atomic E-state index is 0.0595. The zero-order valence-electron chi connectivity index (χ0n) is 11.4. The van der Waals surface area contributed by atoms with Crippen molar-refractivity contribution in [2.75, 3.05) is 11.9 Å².